The lowest BCUT2D eigenvalue weighted by atomic mass is 9.94. The Morgan fingerprint density at radius 2 is 1.74 bits per heavy atom. The molecule has 2 fully saturated rings. The Bertz CT molecular complexity index is 606. The summed E-state index contributed by atoms with van der Waals surface area (Å²) in [6, 6.07) is 6.08. The van der Waals surface area contributed by atoms with Gasteiger partial charge in [-0.05, 0) is 62.4 Å². The van der Waals surface area contributed by atoms with Crippen LogP contribution in [0.5, 0.6) is 11.5 Å². The number of carbonyl (C=O) groups excluding carboxylic acids is 1. The molecule has 3 rings (SSSR count). The molecule has 1 amide bonds. The Morgan fingerprint density at radius 1 is 1.07 bits per heavy atom. The van der Waals surface area contributed by atoms with Gasteiger partial charge in [-0.15, -0.1) is 0 Å². The third-order valence-electron chi connectivity index (χ3n) is 5.94. The van der Waals surface area contributed by atoms with Crippen molar-refractivity contribution in [1.82, 2.24) is 9.80 Å². The maximum absolute atomic E-state index is 12.9. The van der Waals surface area contributed by atoms with Crippen molar-refractivity contribution in [2.24, 2.45) is 5.92 Å². The second-order valence-electron chi connectivity index (χ2n) is 7.70. The number of hydrogen-bond donors (Lipinski definition) is 1. The number of aliphatic hydroxyl groups excluding tert-OH is 1. The number of aliphatic hydroxyl groups is 1. The quantitative estimate of drug-likeness (QED) is 0.822. The molecular formula is C21H32N2O4. The van der Waals surface area contributed by atoms with Crippen molar-refractivity contribution < 1.29 is 19.4 Å². The maximum Gasteiger partial charge on any atom is 0.227 e. The van der Waals surface area contributed by atoms with Crippen LogP contribution < -0.4 is 9.47 Å². The number of hydrogen-bond acceptors (Lipinski definition) is 5. The molecule has 0 spiro atoms. The summed E-state index contributed by atoms with van der Waals surface area (Å²) in [6.07, 6.45) is 4.69. The highest BCUT2D eigenvalue weighted by molar-refractivity contribution is 5.79. The second-order valence-corrected chi connectivity index (χ2v) is 7.70. The molecule has 2 aliphatic heterocycles. The van der Waals surface area contributed by atoms with E-state index in [9.17, 15) is 9.90 Å². The lowest BCUT2D eigenvalue weighted by Crippen LogP contribution is -2.52. The van der Waals surface area contributed by atoms with Crippen LogP contribution in [0.15, 0.2) is 18.2 Å². The number of carbonyl (C=O) groups is 1. The van der Waals surface area contributed by atoms with Gasteiger partial charge in [-0.3, -0.25) is 9.69 Å². The average Bonchev–Trinajstić information content (AvgIpc) is 2.73. The summed E-state index contributed by atoms with van der Waals surface area (Å²) in [5, 5.41) is 9.33. The monoisotopic (exact) mass is 376 g/mol. The highest BCUT2D eigenvalue weighted by Crippen LogP contribution is 2.25. The number of ether oxygens (including phenoxy) is 2. The van der Waals surface area contributed by atoms with Gasteiger partial charge in [0.25, 0.3) is 0 Å². The van der Waals surface area contributed by atoms with Crippen molar-refractivity contribution in [3.8, 4) is 11.5 Å². The Morgan fingerprint density at radius 3 is 2.33 bits per heavy atom. The molecule has 0 aliphatic carbocycles. The molecule has 0 aromatic heterocycles. The minimum absolute atomic E-state index is 0.167. The average molecular weight is 376 g/mol. The summed E-state index contributed by atoms with van der Waals surface area (Å²) in [5.74, 6) is 2.03. The fourth-order valence-electron chi connectivity index (χ4n) is 4.23. The van der Waals surface area contributed by atoms with Gasteiger partial charge in [-0.25, -0.2) is 0 Å². The van der Waals surface area contributed by atoms with E-state index in [1.807, 2.05) is 23.1 Å². The van der Waals surface area contributed by atoms with Gasteiger partial charge < -0.3 is 19.5 Å². The third-order valence-corrected chi connectivity index (χ3v) is 5.94. The molecule has 1 aromatic carbocycles. The van der Waals surface area contributed by atoms with Crippen LogP contribution in [0.25, 0.3) is 0 Å². The summed E-state index contributed by atoms with van der Waals surface area (Å²) in [6.45, 7) is 4.01. The molecule has 0 unspecified atom stereocenters. The van der Waals surface area contributed by atoms with E-state index in [0.29, 0.717) is 36.5 Å². The molecule has 2 saturated heterocycles. The van der Waals surface area contributed by atoms with Crippen LogP contribution in [0.4, 0.5) is 0 Å². The van der Waals surface area contributed by atoms with Gasteiger partial charge in [0.15, 0.2) is 0 Å². The zero-order valence-corrected chi connectivity index (χ0v) is 16.5. The predicted octanol–water partition coefficient (Wildman–Crippen LogP) is 1.94. The minimum Gasteiger partial charge on any atom is -0.497 e. The SMILES string of the molecule is COc1cc(CC(=O)N2CCC[C@@H](N3CCC(CO)CC3)C2)cc(OC)c1. The number of benzene rings is 1. The first kappa shape index (κ1) is 20.0. The molecule has 150 valence electrons. The molecule has 0 bridgehead atoms. The van der Waals surface area contributed by atoms with Gasteiger partial charge in [0.2, 0.25) is 5.91 Å². The van der Waals surface area contributed by atoms with Crippen LogP contribution >= 0.6 is 0 Å². The molecule has 1 N–H and O–H groups in total. The molecule has 2 heterocycles. The van der Waals surface area contributed by atoms with Crippen molar-refractivity contribution in [3.05, 3.63) is 23.8 Å². The first-order valence-corrected chi connectivity index (χ1v) is 9.97. The molecule has 0 radical (unpaired) electrons. The Kier molecular flexibility index (Phi) is 6.96. The van der Waals surface area contributed by atoms with Gasteiger partial charge in [0.1, 0.15) is 11.5 Å². The van der Waals surface area contributed by atoms with E-state index >= 15 is 0 Å². The van der Waals surface area contributed by atoms with E-state index in [1.165, 1.54) is 0 Å². The van der Waals surface area contributed by atoms with Gasteiger partial charge in [0.05, 0.1) is 20.6 Å². The van der Waals surface area contributed by atoms with Crippen molar-refractivity contribution in [2.75, 3.05) is 47.0 Å². The van der Waals surface area contributed by atoms with Crippen molar-refractivity contribution in [2.45, 2.75) is 38.1 Å². The standard InChI is InChI=1S/C21H32N2O4/c1-26-19-10-17(11-20(13-19)27-2)12-21(25)23-7-3-4-18(14-23)22-8-5-16(15-24)6-9-22/h10-11,13,16,18,24H,3-9,12,14-15H2,1-2H3/t18-/m1/s1. The zero-order valence-electron chi connectivity index (χ0n) is 16.5. The molecule has 1 atom stereocenters. The van der Waals surface area contributed by atoms with Gasteiger partial charge >= 0.3 is 0 Å². The lowest BCUT2D eigenvalue weighted by Gasteiger charge is -2.42. The fraction of sp³-hybridized carbons (Fsp3) is 0.667. The van der Waals surface area contributed by atoms with Gasteiger partial charge in [0, 0.05) is 31.8 Å². The molecule has 1 aromatic rings. The topological polar surface area (TPSA) is 62.2 Å². The molecule has 2 aliphatic rings. The van der Waals surface area contributed by atoms with E-state index in [2.05, 4.69) is 4.90 Å². The van der Waals surface area contributed by atoms with Gasteiger partial charge in [-0.1, -0.05) is 0 Å². The van der Waals surface area contributed by atoms with Crippen LogP contribution in [0, 0.1) is 5.92 Å². The first-order valence-electron chi connectivity index (χ1n) is 9.97. The smallest absolute Gasteiger partial charge is 0.227 e. The third kappa shape index (κ3) is 5.14. The number of nitrogens with zero attached hydrogens (tertiary/aromatic N) is 2. The molecule has 6 nitrogen and oxygen atoms in total. The Hall–Kier alpha value is -1.79. The van der Waals surface area contributed by atoms with E-state index in [1.54, 1.807) is 14.2 Å². The number of piperidine rings is 2. The largest absolute Gasteiger partial charge is 0.497 e. The number of rotatable bonds is 6. The summed E-state index contributed by atoms with van der Waals surface area (Å²) < 4.78 is 10.6. The fourth-order valence-corrected chi connectivity index (χ4v) is 4.23. The zero-order chi connectivity index (χ0) is 19.2. The first-order chi connectivity index (χ1) is 13.1. The molecular weight excluding hydrogens is 344 g/mol. The maximum atomic E-state index is 12.9. The Balaban J connectivity index is 1.58. The summed E-state index contributed by atoms with van der Waals surface area (Å²) in [5.41, 5.74) is 0.919. The second kappa shape index (κ2) is 9.42. The van der Waals surface area contributed by atoms with Crippen LogP contribution in [0.2, 0.25) is 0 Å². The van der Waals surface area contributed by atoms with Crippen molar-refractivity contribution in [3.63, 3.8) is 0 Å². The summed E-state index contributed by atoms with van der Waals surface area (Å²) in [7, 11) is 3.24. The van der Waals surface area contributed by atoms with E-state index in [0.717, 1.165) is 57.4 Å². The van der Waals surface area contributed by atoms with Crippen molar-refractivity contribution >= 4 is 5.91 Å². The van der Waals surface area contributed by atoms with E-state index < -0.39 is 0 Å². The summed E-state index contributed by atoms with van der Waals surface area (Å²) >= 11 is 0. The highest BCUT2D eigenvalue weighted by atomic mass is 16.5. The van der Waals surface area contributed by atoms with E-state index in [4.69, 9.17) is 9.47 Å². The molecule has 27 heavy (non-hydrogen) atoms. The highest BCUT2D eigenvalue weighted by Gasteiger charge is 2.30. The normalized spacial score (nSPS) is 21.9. The van der Waals surface area contributed by atoms with Crippen LogP contribution in [0.3, 0.4) is 0 Å². The lowest BCUT2D eigenvalue weighted by molar-refractivity contribution is -0.132. The van der Waals surface area contributed by atoms with E-state index in [-0.39, 0.29) is 5.91 Å². The van der Waals surface area contributed by atoms with Crippen molar-refractivity contribution in [1.29, 1.82) is 0 Å². The Labute approximate surface area is 162 Å². The number of methoxy groups -OCH3 is 2. The predicted molar refractivity (Wildman–Crippen MR) is 104 cm³/mol. The van der Waals surface area contributed by atoms with Crippen LogP contribution in [0.1, 0.15) is 31.2 Å². The molecule has 0 saturated carbocycles. The molecule has 6 heteroatoms. The number of amides is 1. The van der Waals surface area contributed by atoms with Crippen LogP contribution in [-0.2, 0) is 11.2 Å². The minimum atomic E-state index is 0.167. The summed E-state index contributed by atoms with van der Waals surface area (Å²) in [4.78, 5) is 17.4. The van der Waals surface area contributed by atoms with Crippen LogP contribution in [-0.4, -0.2) is 73.9 Å². The number of likely N-dealkylation sites (tertiary alicyclic amines) is 2. The van der Waals surface area contributed by atoms with Gasteiger partial charge in [-0.2, -0.15) is 0 Å².